The van der Waals surface area contributed by atoms with Crippen LogP contribution < -0.4 is 10.6 Å². The lowest BCUT2D eigenvalue weighted by atomic mass is 10.0. The van der Waals surface area contributed by atoms with E-state index in [-0.39, 0.29) is 23.3 Å². The highest BCUT2D eigenvalue weighted by Gasteiger charge is 2.16. The van der Waals surface area contributed by atoms with E-state index in [1.807, 2.05) is 6.92 Å². The molecule has 22 heavy (non-hydrogen) atoms. The maximum atomic E-state index is 11.0. The quantitative estimate of drug-likeness (QED) is 0.506. The van der Waals surface area contributed by atoms with E-state index in [0.29, 0.717) is 19.8 Å². The number of aliphatic hydroxyl groups is 1. The largest absolute Gasteiger partial charge is 0.387 e. The van der Waals surface area contributed by atoms with Gasteiger partial charge in [0.2, 0.25) is 5.91 Å². The van der Waals surface area contributed by atoms with Gasteiger partial charge in [0.1, 0.15) is 6.61 Å². The van der Waals surface area contributed by atoms with Crippen LogP contribution in [0.3, 0.4) is 0 Å². The van der Waals surface area contributed by atoms with E-state index in [4.69, 9.17) is 9.84 Å². The zero-order chi connectivity index (χ0) is 17.2. The molecule has 0 radical (unpaired) electrons. The third-order valence-electron chi connectivity index (χ3n) is 3.27. The molecule has 0 aliphatic carbocycles. The van der Waals surface area contributed by atoms with E-state index >= 15 is 0 Å². The predicted molar refractivity (Wildman–Crippen MR) is 90.7 cm³/mol. The van der Waals surface area contributed by atoms with Crippen molar-refractivity contribution in [1.29, 1.82) is 0 Å². The van der Waals surface area contributed by atoms with Gasteiger partial charge in [-0.25, -0.2) is 0 Å². The molecule has 0 saturated heterocycles. The average Bonchev–Trinajstić information content (AvgIpc) is 2.43. The van der Waals surface area contributed by atoms with Gasteiger partial charge in [-0.3, -0.25) is 4.79 Å². The van der Waals surface area contributed by atoms with Crippen LogP contribution in [0.25, 0.3) is 0 Å². The van der Waals surface area contributed by atoms with Crippen LogP contribution in [0, 0.1) is 11.8 Å². The van der Waals surface area contributed by atoms with Crippen LogP contribution in [0.5, 0.6) is 0 Å². The second-order valence-corrected chi connectivity index (χ2v) is 6.67. The number of amides is 1. The van der Waals surface area contributed by atoms with Gasteiger partial charge in [-0.05, 0) is 27.7 Å². The number of carbonyl (C=O) groups is 1. The molecular weight excluding hydrogens is 280 g/mol. The van der Waals surface area contributed by atoms with E-state index in [2.05, 4.69) is 44.6 Å². The first kappa shape index (κ1) is 20.8. The smallest absolute Gasteiger partial charge is 0.245 e. The fourth-order valence-electron chi connectivity index (χ4n) is 1.68. The molecule has 0 spiro atoms. The Morgan fingerprint density at radius 2 is 1.95 bits per heavy atom. The molecule has 0 aromatic rings. The van der Waals surface area contributed by atoms with Crippen molar-refractivity contribution < 1.29 is 14.6 Å². The standard InChI is InChI=1S/C17H32N2O3/c1-7-14(8-18-16(21)10-20)11-22-12-15(13(2)3)9-19-17(4,5)6/h7,14-15,19-20H,1-2,8-12H2,3-6H3,(H,18,21). The second-order valence-electron chi connectivity index (χ2n) is 6.67. The number of hydrogen-bond donors (Lipinski definition) is 3. The Labute approximate surface area is 134 Å². The van der Waals surface area contributed by atoms with Crippen LogP contribution >= 0.6 is 0 Å². The van der Waals surface area contributed by atoms with Gasteiger partial charge in [0.05, 0.1) is 13.2 Å². The minimum absolute atomic E-state index is 0.0249. The Hall–Kier alpha value is -1.17. The van der Waals surface area contributed by atoms with E-state index in [0.717, 1.165) is 12.1 Å². The zero-order valence-electron chi connectivity index (χ0n) is 14.4. The van der Waals surface area contributed by atoms with Gasteiger partial charge in [0.25, 0.3) is 0 Å². The molecule has 0 bridgehead atoms. The number of hydrogen-bond acceptors (Lipinski definition) is 4. The van der Waals surface area contributed by atoms with E-state index in [1.165, 1.54) is 0 Å². The third-order valence-corrected chi connectivity index (χ3v) is 3.27. The summed E-state index contributed by atoms with van der Waals surface area (Å²) < 4.78 is 5.76. The Bertz CT molecular complexity index is 361. The molecule has 0 aliphatic rings. The summed E-state index contributed by atoms with van der Waals surface area (Å²) in [4.78, 5) is 11.0. The van der Waals surface area contributed by atoms with Crippen molar-refractivity contribution in [2.24, 2.45) is 11.8 Å². The van der Waals surface area contributed by atoms with Gasteiger partial charge in [0, 0.05) is 30.5 Å². The highest BCUT2D eigenvalue weighted by atomic mass is 16.5. The summed E-state index contributed by atoms with van der Waals surface area (Å²) in [6.07, 6.45) is 1.75. The number of nitrogens with one attached hydrogen (secondary N) is 2. The van der Waals surface area contributed by atoms with Crippen LogP contribution in [0.2, 0.25) is 0 Å². The Morgan fingerprint density at radius 1 is 1.32 bits per heavy atom. The first-order valence-electron chi connectivity index (χ1n) is 7.68. The lowest BCUT2D eigenvalue weighted by molar-refractivity contribution is -0.124. The zero-order valence-corrected chi connectivity index (χ0v) is 14.4. The van der Waals surface area contributed by atoms with Crippen molar-refractivity contribution >= 4 is 5.91 Å². The lowest BCUT2D eigenvalue weighted by Crippen LogP contribution is -2.40. The molecule has 0 saturated carbocycles. The summed E-state index contributed by atoms with van der Waals surface area (Å²) in [5, 5.41) is 14.7. The van der Waals surface area contributed by atoms with E-state index in [9.17, 15) is 4.79 Å². The minimum Gasteiger partial charge on any atom is -0.387 e. The van der Waals surface area contributed by atoms with E-state index in [1.54, 1.807) is 6.08 Å². The van der Waals surface area contributed by atoms with Crippen LogP contribution in [0.15, 0.2) is 24.8 Å². The van der Waals surface area contributed by atoms with Crippen molar-refractivity contribution in [2.45, 2.75) is 33.2 Å². The maximum Gasteiger partial charge on any atom is 0.245 e. The molecule has 2 atom stereocenters. The molecular formula is C17H32N2O3. The number of ether oxygens (including phenoxy) is 1. The van der Waals surface area contributed by atoms with Gasteiger partial charge in [-0.2, -0.15) is 0 Å². The molecule has 2 unspecified atom stereocenters. The second kappa shape index (κ2) is 10.5. The molecule has 3 N–H and O–H groups in total. The Balaban J connectivity index is 4.16. The van der Waals surface area contributed by atoms with Gasteiger partial charge >= 0.3 is 0 Å². The summed E-state index contributed by atoms with van der Waals surface area (Å²) in [7, 11) is 0. The SMILES string of the molecule is C=CC(CNC(=O)CO)COCC(CNC(C)(C)C)C(=C)C. The van der Waals surface area contributed by atoms with Crippen LogP contribution in [-0.2, 0) is 9.53 Å². The van der Waals surface area contributed by atoms with Crippen molar-refractivity contribution in [2.75, 3.05) is 32.9 Å². The maximum absolute atomic E-state index is 11.0. The number of aliphatic hydroxyl groups excluding tert-OH is 1. The summed E-state index contributed by atoms with van der Waals surface area (Å²) in [6, 6.07) is 0. The Kier molecular flexibility index (Phi) is 9.98. The third kappa shape index (κ3) is 10.5. The predicted octanol–water partition coefficient (Wildman–Crippen LogP) is 1.49. The molecule has 5 nitrogen and oxygen atoms in total. The molecule has 128 valence electrons. The molecule has 0 fully saturated rings. The van der Waals surface area contributed by atoms with E-state index < -0.39 is 6.61 Å². The molecule has 0 rings (SSSR count). The monoisotopic (exact) mass is 312 g/mol. The summed E-state index contributed by atoms with van der Waals surface area (Å²) >= 11 is 0. The molecule has 1 amide bonds. The number of rotatable bonds is 11. The van der Waals surface area contributed by atoms with Gasteiger partial charge < -0.3 is 20.5 Å². The molecule has 0 heterocycles. The lowest BCUT2D eigenvalue weighted by Gasteiger charge is -2.26. The fraction of sp³-hybridized carbons (Fsp3) is 0.706. The van der Waals surface area contributed by atoms with Gasteiger partial charge in [-0.1, -0.05) is 18.2 Å². The van der Waals surface area contributed by atoms with Gasteiger partial charge in [0.15, 0.2) is 0 Å². The fourth-order valence-corrected chi connectivity index (χ4v) is 1.68. The van der Waals surface area contributed by atoms with Crippen LogP contribution in [0.4, 0.5) is 0 Å². The first-order valence-corrected chi connectivity index (χ1v) is 7.68. The summed E-state index contributed by atoms with van der Waals surface area (Å²) in [5.41, 5.74) is 1.15. The Morgan fingerprint density at radius 3 is 2.41 bits per heavy atom. The van der Waals surface area contributed by atoms with Crippen LogP contribution in [0.1, 0.15) is 27.7 Å². The van der Waals surface area contributed by atoms with Crippen molar-refractivity contribution in [1.82, 2.24) is 10.6 Å². The summed E-state index contributed by atoms with van der Waals surface area (Å²) in [6.45, 7) is 17.9. The summed E-state index contributed by atoms with van der Waals surface area (Å²) in [5.74, 6) is -0.116. The normalized spacial score (nSPS) is 14.2. The molecule has 0 aliphatic heterocycles. The van der Waals surface area contributed by atoms with Crippen molar-refractivity contribution in [3.63, 3.8) is 0 Å². The average molecular weight is 312 g/mol. The van der Waals surface area contributed by atoms with Crippen LogP contribution in [-0.4, -0.2) is 49.5 Å². The topological polar surface area (TPSA) is 70.6 Å². The van der Waals surface area contributed by atoms with Crippen molar-refractivity contribution in [3.05, 3.63) is 24.8 Å². The van der Waals surface area contributed by atoms with Crippen molar-refractivity contribution in [3.8, 4) is 0 Å². The molecule has 5 heteroatoms. The first-order chi connectivity index (χ1) is 10.2. The molecule has 0 aromatic carbocycles. The highest BCUT2D eigenvalue weighted by Crippen LogP contribution is 2.11. The highest BCUT2D eigenvalue weighted by molar-refractivity contribution is 5.76. The number of carbonyl (C=O) groups excluding carboxylic acids is 1. The van der Waals surface area contributed by atoms with Gasteiger partial charge in [-0.15, -0.1) is 6.58 Å². The minimum atomic E-state index is -0.499. The molecule has 0 aromatic heterocycles.